The number of pyridine rings is 1. The minimum atomic E-state index is -1.04. The number of nitrogens with one attached hydrogen (secondary N) is 1. The van der Waals surface area contributed by atoms with Gasteiger partial charge in [-0.1, -0.05) is 11.8 Å². The highest BCUT2D eigenvalue weighted by Crippen LogP contribution is 2.30. The number of nitrogen functional groups attached to an aromatic ring is 1. The standard InChI is InChI=1S/C29H25F2N7O5/c1-36-29(41)38(20-7-4-18(30)5-8-20)28(40)25(35-36)27(39)34-19-6-9-24(22(31)17-19)43-23-10-11-33-26(32)21(23)3-2-12-37-13-15-42-16-14-37/h4-11,17H,12-16H2,1H3,(H2,32,33)(H,34,39). The normalized spacial score (nSPS) is 13.2. The smallest absolute Gasteiger partial charge is 0.351 e. The molecule has 2 aromatic heterocycles. The molecular weight excluding hydrogens is 564 g/mol. The van der Waals surface area contributed by atoms with E-state index in [1.54, 1.807) is 0 Å². The third-order valence-electron chi connectivity index (χ3n) is 6.40. The van der Waals surface area contributed by atoms with Crippen molar-refractivity contribution >= 4 is 17.4 Å². The predicted octanol–water partition coefficient (Wildman–Crippen LogP) is 1.91. The zero-order chi connectivity index (χ0) is 30.5. The third kappa shape index (κ3) is 6.58. The number of rotatable bonds is 6. The molecule has 3 heterocycles. The lowest BCUT2D eigenvalue weighted by molar-refractivity contribution is 0.0443. The number of benzene rings is 2. The fourth-order valence-electron chi connectivity index (χ4n) is 4.17. The van der Waals surface area contributed by atoms with Crippen molar-refractivity contribution in [1.82, 2.24) is 24.2 Å². The number of hydrogen-bond acceptors (Lipinski definition) is 9. The largest absolute Gasteiger partial charge is 0.453 e. The third-order valence-corrected chi connectivity index (χ3v) is 6.40. The van der Waals surface area contributed by atoms with Gasteiger partial charge in [-0.15, -0.1) is 0 Å². The molecule has 0 saturated carbocycles. The van der Waals surface area contributed by atoms with Crippen molar-refractivity contribution in [3.63, 3.8) is 0 Å². The van der Waals surface area contributed by atoms with E-state index in [-0.39, 0.29) is 28.7 Å². The molecule has 1 fully saturated rings. The van der Waals surface area contributed by atoms with Crippen LogP contribution in [0.15, 0.2) is 64.3 Å². The fraction of sp³-hybridized carbons (Fsp3) is 0.207. The Labute approximate surface area is 243 Å². The first-order valence-corrected chi connectivity index (χ1v) is 13.0. The first-order chi connectivity index (χ1) is 20.7. The summed E-state index contributed by atoms with van der Waals surface area (Å²) in [7, 11) is 1.25. The Bertz CT molecular complexity index is 1860. The summed E-state index contributed by atoms with van der Waals surface area (Å²) in [6.07, 6.45) is 1.41. The van der Waals surface area contributed by atoms with E-state index in [9.17, 15) is 18.8 Å². The number of morpholine rings is 1. The molecular formula is C29H25F2N7O5. The van der Waals surface area contributed by atoms with Crippen LogP contribution in [0.5, 0.6) is 11.5 Å². The number of nitrogens with two attached hydrogens (primary N) is 1. The van der Waals surface area contributed by atoms with Crippen LogP contribution in [0.1, 0.15) is 16.1 Å². The maximum Gasteiger partial charge on any atom is 0.351 e. The van der Waals surface area contributed by atoms with Gasteiger partial charge in [-0.05, 0) is 36.4 Å². The van der Waals surface area contributed by atoms with Gasteiger partial charge >= 0.3 is 5.69 Å². The minimum Gasteiger partial charge on any atom is -0.453 e. The van der Waals surface area contributed by atoms with Crippen LogP contribution in [0, 0.1) is 23.5 Å². The Balaban J connectivity index is 1.35. The number of anilines is 2. The Morgan fingerprint density at radius 2 is 1.84 bits per heavy atom. The summed E-state index contributed by atoms with van der Waals surface area (Å²) in [5.41, 5.74) is 3.81. The molecule has 220 valence electrons. The second-order valence-corrected chi connectivity index (χ2v) is 9.33. The summed E-state index contributed by atoms with van der Waals surface area (Å²) in [4.78, 5) is 44.7. The summed E-state index contributed by atoms with van der Waals surface area (Å²) in [6.45, 7) is 3.28. The van der Waals surface area contributed by atoms with Gasteiger partial charge in [0.15, 0.2) is 11.6 Å². The minimum absolute atomic E-state index is 0.0157. The second kappa shape index (κ2) is 12.6. The highest BCUT2D eigenvalue weighted by Gasteiger charge is 2.21. The van der Waals surface area contributed by atoms with Crippen LogP contribution in [0.3, 0.4) is 0 Å². The van der Waals surface area contributed by atoms with Crippen molar-refractivity contribution in [1.29, 1.82) is 0 Å². The number of amides is 1. The number of halogens is 2. The summed E-state index contributed by atoms with van der Waals surface area (Å²) >= 11 is 0. The lowest BCUT2D eigenvalue weighted by Crippen LogP contribution is -2.43. The number of aryl methyl sites for hydroxylation is 1. The number of nitrogens with zero attached hydrogens (tertiary/aromatic N) is 5. The first-order valence-electron chi connectivity index (χ1n) is 13.0. The summed E-state index contributed by atoms with van der Waals surface area (Å²) in [5.74, 6) is 3.71. The van der Waals surface area contributed by atoms with E-state index >= 15 is 4.39 Å². The molecule has 1 amide bonds. The van der Waals surface area contributed by atoms with Gasteiger partial charge in [0, 0.05) is 44.2 Å². The van der Waals surface area contributed by atoms with Gasteiger partial charge in [0.2, 0.25) is 5.69 Å². The molecule has 5 rings (SSSR count). The van der Waals surface area contributed by atoms with Crippen molar-refractivity contribution in [2.75, 3.05) is 43.9 Å². The van der Waals surface area contributed by atoms with E-state index in [2.05, 4.69) is 32.1 Å². The number of carbonyl (C=O) groups excluding carboxylic acids is 1. The molecule has 43 heavy (non-hydrogen) atoms. The van der Waals surface area contributed by atoms with E-state index in [0.717, 1.165) is 36.0 Å². The number of carbonyl (C=O) groups is 1. The molecule has 2 aromatic carbocycles. The highest BCUT2D eigenvalue weighted by molar-refractivity contribution is 6.02. The van der Waals surface area contributed by atoms with Crippen LogP contribution in [0.25, 0.3) is 5.69 Å². The predicted molar refractivity (Wildman–Crippen MR) is 152 cm³/mol. The first kappa shape index (κ1) is 29.1. The van der Waals surface area contributed by atoms with Gasteiger partial charge in [0.1, 0.15) is 22.9 Å². The van der Waals surface area contributed by atoms with Gasteiger partial charge in [-0.25, -0.2) is 27.8 Å². The van der Waals surface area contributed by atoms with Gasteiger partial charge in [-0.3, -0.25) is 14.5 Å². The molecule has 0 spiro atoms. The summed E-state index contributed by atoms with van der Waals surface area (Å²) in [6, 6.07) is 9.67. The van der Waals surface area contributed by atoms with Crippen LogP contribution in [0.2, 0.25) is 0 Å². The Morgan fingerprint density at radius 3 is 2.56 bits per heavy atom. The van der Waals surface area contributed by atoms with Crippen LogP contribution < -0.4 is 27.0 Å². The van der Waals surface area contributed by atoms with Crippen LogP contribution in [-0.2, 0) is 11.8 Å². The molecule has 0 atom stereocenters. The van der Waals surface area contributed by atoms with Crippen LogP contribution in [0.4, 0.5) is 20.3 Å². The van der Waals surface area contributed by atoms with Gasteiger partial charge in [-0.2, -0.15) is 5.10 Å². The summed E-state index contributed by atoms with van der Waals surface area (Å²) in [5, 5.41) is 6.16. The van der Waals surface area contributed by atoms with Crippen molar-refractivity contribution in [2.24, 2.45) is 7.05 Å². The average Bonchev–Trinajstić information content (AvgIpc) is 2.99. The van der Waals surface area contributed by atoms with Crippen molar-refractivity contribution in [2.45, 2.75) is 0 Å². The maximum atomic E-state index is 15.1. The van der Waals surface area contributed by atoms with Gasteiger partial charge in [0.05, 0.1) is 25.4 Å². The van der Waals surface area contributed by atoms with E-state index < -0.39 is 34.5 Å². The second-order valence-electron chi connectivity index (χ2n) is 9.33. The highest BCUT2D eigenvalue weighted by atomic mass is 19.1. The lowest BCUT2D eigenvalue weighted by atomic mass is 10.2. The zero-order valence-corrected chi connectivity index (χ0v) is 22.8. The average molecular weight is 590 g/mol. The molecule has 1 aliphatic rings. The number of aromatic nitrogens is 4. The Hall–Kier alpha value is -5.39. The molecule has 1 aliphatic heterocycles. The van der Waals surface area contributed by atoms with Gasteiger partial charge in [0.25, 0.3) is 11.5 Å². The molecule has 0 aliphatic carbocycles. The van der Waals surface area contributed by atoms with E-state index in [1.165, 1.54) is 43.6 Å². The monoisotopic (exact) mass is 589 g/mol. The molecule has 0 bridgehead atoms. The fourth-order valence-corrected chi connectivity index (χ4v) is 4.17. The Kier molecular flexibility index (Phi) is 8.56. The Morgan fingerprint density at radius 1 is 1.09 bits per heavy atom. The quantitative estimate of drug-likeness (QED) is 0.322. The number of hydrogen-bond donors (Lipinski definition) is 2. The molecule has 14 heteroatoms. The van der Waals surface area contributed by atoms with Crippen LogP contribution in [-0.4, -0.2) is 63.0 Å². The maximum absolute atomic E-state index is 15.1. The van der Waals surface area contributed by atoms with Crippen LogP contribution >= 0.6 is 0 Å². The molecule has 4 aromatic rings. The number of ether oxygens (including phenoxy) is 2. The SMILES string of the molecule is Cn1nc(C(=O)Nc2ccc(Oc3ccnc(N)c3C#CCN3CCOCC3)c(F)c2)c(=O)n(-c2ccc(F)cc2)c1=O. The topological polar surface area (TPSA) is 147 Å². The molecule has 12 nitrogen and oxygen atoms in total. The lowest BCUT2D eigenvalue weighted by Gasteiger charge is -2.24. The van der Waals surface area contributed by atoms with E-state index in [4.69, 9.17) is 15.2 Å². The zero-order valence-electron chi connectivity index (χ0n) is 22.8. The van der Waals surface area contributed by atoms with E-state index in [0.29, 0.717) is 29.9 Å². The molecule has 1 saturated heterocycles. The molecule has 0 radical (unpaired) electrons. The van der Waals surface area contributed by atoms with Crippen molar-refractivity contribution < 1.29 is 23.0 Å². The van der Waals surface area contributed by atoms with E-state index in [1.807, 2.05) is 0 Å². The molecule has 0 unspecified atom stereocenters. The van der Waals surface area contributed by atoms with Gasteiger partial charge < -0.3 is 20.5 Å². The molecule has 3 N–H and O–H groups in total. The van der Waals surface area contributed by atoms with Crippen molar-refractivity contribution in [3.8, 4) is 29.0 Å². The summed E-state index contributed by atoms with van der Waals surface area (Å²) < 4.78 is 41.0. The van der Waals surface area contributed by atoms with Crippen molar-refractivity contribution in [3.05, 3.63) is 98.5 Å².